The maximum atomic E-state index is 10.4. The van der Waals surface area contributed by atoms with Crippen LogP contribution in [0.25, 0.3) is 0 Å². The summed E-state index contributed by atoms with van der Waals surface area (Å²) in [6.07, 6.45) is -5.05. The van der Waals surface area contributed by atoms with E-state index in [1.165, 1.54) is 0 Å². The Labute approximate surface area is 61.0 Å². The van der Waals surface area contributed by atoms with Crippen LogP contribution in [0, 0.1) is 0 Å². The van der Waals surface area contributed by atoms with Crippen LogP contribution in [-0.4, -0.2) is 45.6 Å². The average molecular weight is 162 g/mol. The Kier molecular flexibility index (Phi) is 1.79. The second-order valence-electron chi connectivity index (χ2n) is 2.13. The Bertz CT molecular complexity index is 199. The summed E-state index contributed by atoms with van der Waals surface area (Å²) in [5.74, 6) is -2.58. The molecule has 11 heavy (non-hydrogen) atoms. The molecule has 0 aromatic rings. The van der Waals surface area contributed by atoms with E-state index in [4.69, 9.17) is 15.3 Å². The van der Waals surface area contributed by atoms with Crippen molar-refractivity contribution in [3.05, 3.63) is 0 Å². The van der Waals surface area contributed by atoms with Crippen LogP contribution in [0.4, 0.5) is 0 Å². The third-order valence-corrected chi connectivity index (χ3v) is 1.36. The molecule has 0 aliphatic carbocycles. The van der Waals surface area contributed by atoms with Gasteiger partial charge in [-0.1, -0.05) is 0 Å². The van der Waals surface area contributed by atoms with Crippen molar-refractivity contribution >= 4 is 11.9 Å². The molecule has 0 aromatic carbocycles. The van der Waals surface area contributed by atoms with Crippen molar-refractivity contribution in [2.24, 2.45) is 0 Å². The van der Waals surface area contributed by atoms with Crippen LogP contribution >= 0.6 is 0 Å². The first-order valence-electron chi connectivity index (χ1n) is 2.83. The monoisotopic (exact) mass is 162 g/mol. The summed E-state index contributed by atoms with van der Waals surface area (Å²) in [7, 11) is 0. The Balaban J connectivity index is 2.74. The fraction of sp³-hybridized carbons (Fsp3) is 0.600. The smallest absolute Gasteiger partial charge is 0.347 e. The molecule has 0 aromatic heterocycles. The van der Waals surface area contributed by atoms with Crippen LogP contribution in [0.5, 0.6) is 0 Å². The number of aliphatic carboxylic acids is 1. The van der Waals surface area contributed by atoms with Gasteiger partial charge < -0.3 is 20.1 Å². The highest BCUT2D eigenvalue weighted by Gasteiger charge is 2.46. The van der Waals surface area contributed by atoms with Gasteiger partial charge in [0.25, 0.3) is 0 Å². The Morgan fingerprint density at radius 3 is 2.18 bits per heavy atom. The van der Waals surface area contributed by atoms with Crippen LogP contribution in [0.3, 0.4) is 0 Å². The van der Waals surface area contributed by atoms with Crippen molar-refractivity contribution in [3.8, 4) is 0 Å². The molecule has 1 aliphatic rings. The van der Waals surface area contributed by atoms with Crippen LogP contribution in [-0.2, 0) is 14.3 Å². The third-order valence-electron chi connectivity index (χ3n) is 1.36. The number of aliphatic hydroxyl groups excluding tert-OH is 2. The van der Waals surface area contributed by atoms with Crippen LogP contribution in [0.1, 0.15) is 0 Å². The molecule has 0 spiro atoms. The summed E-state index contributed by atoms with van der Waals surface area (Å²) < 4.78 is 4.11. The lowest BCUT2D eigenvalue weighted by atomic mass is 10.1. The molecular formula is C5H6O6. The lowest BCUT2D eigenvalue weighted by Crippen LogP contribution is -2.35. The molecule has 0 bridgehead atoms. The van der Waals surface area contributed by atoms with Gasteiger partial charge >= 0.3 is 11.9 Å². The molecule has 0 saturated carbocycles. The summed E-state index contributed by atoms with van der Waals surface area (Å²) in [5.41, 5.74) is 0. The zero-order valence-electron chi connectivity index (χ0n) is 5.30. The highest BCUT2D eigenvalue weighted by atomic mass is 16.6. The van der Waals surface area contributed by atoms with E-state index in [9.17, 15) is 9.59 Å². The van der Waals surface area contributed by atoms with Crippen LogP contribution in [0.15, 0.2) is 0 Å². The van der Waals surface area contributed by atoms with Gasteiger partial charge in [-0.05, 0) is 0 Å². The molecule has 1 aliphatic heterocycles. The number of rotatable bonds is 1. The zero-order chi connectivity index (χ0) is 8.59. The highest BCUT2D eigenvalue weighted by Crippen LogP contribution is 2.15. The molecule has 0 unspecified atom stereocenters. The maximum absolute atomic E-state index is 10.4. The third kappa shape index (κ3) is 1.17. The molecule has 1 rings (SSSR count). The molecule has 1 heterocycles. The van der Waals surface area contributed by atoms with Gasteiger partial charge in [0.2, 0.25) is 6.10 Å². The lowest BCUT2D eigenvalue weighted by molar-refractivity contribution is -0.159. The molecular weight excluding hydrogens is 156 g/mol. The second-order valence-corrected chi connectivity index (χ2v) is 2.13. The molecule has 0 radical (unpaired) electrons. The Morgan fingerprint density at radius 1 is 1.45 bits per heavy atom. The van der Waals surface area contributed by atoms with Gasteiger partial charge in [-0.3, -0.25) is 0 Å². The van der Waals surface area contributed by atoms with E-state index in [1.807, 2.05) is 0 Å². The van der Waals surface area contributed by atoms with E-state index in [1.54, 1.807) is 0 Å². The topological polar surface area (TPSA) is 104 Å². The number of carbonyl (C=O) groups is 2. The summed E-state index contributed by atoms with van der Waals surface area (Å²) >= 11 is 0. The minimum Gasteiger partial charge on any atom is -0.478 e. The number of carboxylic acids is 1. The summed E-state index contributed by atoms with van der Waals surface area (Å²) in [6, 6.07) is 0. The molecule has 6 nitrogen and oxygen atoms in total. The summed E-state index contributed by atoms with van der Waals surface area (Å²) in [4.78, 5) is 20.6. The predicted molar refractivity (Wildman–Crippen MR) is 29.5 cm³/mol. The number of carbonyl (C=O) groups excluding carboxylic acids is 1. The highest BCUT2D eigenvalue weighted by molar-refractivity contribution is 5.85. The van der Waals surface area contributed by atoms with Gasteiger partial charge in [-0.25, -0.2) is 9.59 Å². The fourth-order valence-corrected chi connectivity index (χ4v) is 0.766. The van der Waals surface area contributed by atoms with Crippen LogP contribution in [0.2, 0.25) is 0 Å². The minimum atomic E-state index is -1.74. The first kappa shape index (κ1) is 7.96. The SMILES string of the molecule is O=C1O[C@H](C(=O)O)[C@H](O)[C@@H]1O. The van der Waals surface area contributed by atoms with E-state index in [-0.39, 0.29) is 0 Å². The Hall–Kier alpha value is -1.14. The number of carboxylic acid groups (broad SMARTS) is 1. The van der Waals surface area contributed by atoms with Crippen molar-refractivity contribution < 1.29 is 29.6 Å². The first-order valence-corrected chi connectivity index (χ1v) is 2.83. The number of esters is 1. The number of hydrogen-bond acceptors (Lipinski definition) is 5. The van der Waals surface area contributed by atoms with Crippen LogP contribution < -0.4 is 0 Å². The van der Waals surface area contributed by atoms with E-state index < -0.39 is 30.3 Å². The molecule has 1 fully saturated rings. The minimum absolute atomic E-state index is 1.11. The van der Waals surface area contributed by atoms with Crippen molar-refractivity contribution in [2.75, 3.05) is 0 Å². The largest absolute Gasteiger partial charge is 0.478 e. The van der Waals surface area contributed by atoms with Gasteiger partial charge in [0.05, 0.1) is 0 Å². The molecule has 6 heteroatoms. The summed E-state index contributed by atoms with van der Waals surface area (Å²) in [6.45, 7) is 0. The fourth-order valence-electron chi connectivity index (χ4n) is 0.766. The number of hydrogen-bond donors (Lipinski definition) is 3. The van der Waals surface area contributed by atoms with E-state index >= 15 is 0 Å². The standard InChI is InChI=1S/C5H6O6/c6-1-2(7)5(10)11-3(1)4(8)9/h1-3,6-7H,(H,8,9)/t1-,2+,3+/m1/s1. The molecule has 62 valence electrons. The van der Waals surface area contributed by atoms with E-state index in [0.29, 0.717) is 0 Å². The molecule has 3 atom stereocenters. The van der Waals surface area contributed by atoms with Gasteiger partial charge in [0, 0.05) is 0 Å². The number of cyclic esters (lactones) is 1. The van der Waals surface area contributed by atoms with Gasteiger partial charge in [0.1, 0.15) is 6.10 Å². The van der Waals surface area contributed by atoms with E-state index in [2.05, 4.69) is 4.74 Å². The number of aliphatic hydroxyl groups is 2. The second kappa shape index (κ2) is 2.48. The normalized spacial score (nSPS) is 36.9. The zero-order valence-corrected chi connectivity index (χ0v) is 5.30. The average Bonchev–Trinajstić information content (AvgIpc) is 2.17. The van der Waals surface area contributed by atoms with E-state index in [0.717, 1.165) is 0 Å². The Morgan fingerprint density at radius 2 is 2.00 bits per heavy atom. The first-order chi connectivity index (χ1) is 5.04. The van der Waals surface area contributed by atoms with Gasteiger partial charge in [-0.15, -0.1) is 0 Å². The summed E-state index contributed by atoms with van der Waals surface area (Å²) in [5, 5.41) is 25.8. The molecule has 3 N–H and O–H groups in total. The van der Waals surface area contributed by atoms with Gasteiger partial charge in [0.15, 0.2) is 6.10 Å². The predicted octanol–water partition coefficient (Wildman–Crippen LogP) is -2.28. The van der Waals surface area contributed by atoms with Crippen molar-refractivity contribution in [3.63, 3.8) is 0 Å². The van der Waals surface area contributed by atoms with Crippen molar-refractivity contribution in [1.29, 1.82) is 0 Å². The lowest BCUT2D eigenvalue weighted by Gasteiger charge is -2.06. The maximum Gasteiger partial charge on any atom is 0.347 e. The number of ether oxygens (including phenoxy) is 1. The molecule has 0 amide bonds. The molecule has 1 saturated heterocycles. The van der Waals surface area contributed by atoms with Crippen molar-refractivity contribution in [1.82, 2.24) is 0 Å². The quantitative estimate of drug-likeness (QED) is 0.375. The van der Waals surface area contributed by atoms with Crippen molar-refractivity contribution in [2.45, 2.75) is 18.3 Å². The van der Waals surface area contributed by atoms with Gasteiger partial charge in [-0.2, -0.15) is 0 Å².